The van der Waals surface area contributed by atoms with Crippen molar-refractivity contribution in [3.05, 3.63) is 47.2 Å². The third-order valence-corrected chi connectivity index (χ3v) is 2.85. The van der Waals surface area contributed by atoms with Gasteiger partial charge in [0.15, 0.2) is 11.5 Å². The van der Waals surface area contributed by atoms with E-state index in [1.165, 1.54) is 31.5 Å². The Hall–Kier alpha value is -3.07. The summed E-state index contributed by atoms with van der Waals surface area (Å²) in [4.78, 5) is 15.0. The zero-order chi connectivity index (χ0) is 15.4. The van der Waals surface area contributed by atoms with E-state index in [4.69, 9.17) is 19.8 Å². The van der Waals surface area contributed by atoms with Gasteiger partial charge in [0.2, 0.25) is 5.88 Å². The smallest absolute Gasteiger partial charge is 0.335 e. The molecule has 0 aliphatic rings. The van der Waals surface area contributed by atoms with Gasteiger partial charge >= 0.3 is 5.97 Å². The molecule has 1 N–H and O–H groups in total. The summed E-state index contributed by atoms with van der Waals surface area (Å²) in [6, 6.07) is 7.92. The van der Waals surface area contributed by atoms with Crippen LogP contribution < -0.4 is 9.47 Å². The fourth-order valence-corrected chi connectivity index (χ4v) is 1.74. The van der Waals surface area contributed by atoms with Crippen molar-refractivity contribution in [3.63, 3.8) is 0 Å². The van der Waals surface area contributed by atoms with E-state index in [1.807, 2.05) is 6.07 Å². The van der Waals surface area contributed by atoms with Crippen LogP contribution in [0.5, 0.6) is 17.4 Å². The average Bonchev–Trinajstić information content (AvgIpc) is 2.47. The summed E-state index contributed by atoms with van der Waals surface area (Å²) >= 11 is 0. The summed E-state index contributed by atoms with van der Waals surface area (Å²) < 4.78 is 10.7. The van der Waals surface area contributed by atoms with Crippen molar-refractivity contribution >= 4 is 5.97 Å². The lowest BCUT2D eigenvalue weighted by atomic mass is 10.1. The molecule has 1 aromatic carbocycles. The van der Waals surface area contributed by atoms with Gasteiger partial charge in [-0.15, -0.1) is 0 Å². The van der Waals surface area contributed by atoms with E-state index in [0.29, 0.717) is 11.3 Å². The molecule has 2 aromatic rings. The first-order valence-corrected chi connectivity index (χ1v) is 6.01. The highest BCUT2D eigenvalue weighted by Gasteiger charge is 2.14. The number of ether oxygens (including phenoxy) is 2. The van der Waals surface area contributed by atoms with Gasteiger partial charge in [-0.1, -0.05) is 0 Å². The van der Waals surface area contributed by atoms with E-state index in [1.54, 1.807) is 13.0 Å². The van der Waals surface area contributed by atoms with Crippen LogP contribution in [0.1, 0.15) is 21.5 Å². The predicted octanol–water partition coefficient (Wildman–Crippen LogP) is 2.76. The lowest BCUT2D eigenvalue weighted by Gasteiger charge is -2.11. The van der Waals surface area contributed by atoms with Crippen LogP contribution in [0.4, 0.5) is 0 Å². The number of methoxy groups -OCH3 is 1. The van der Waals surface area contributed by atoms with Gasteiger partial charge in [0, 0.05) is 6.20 Å². The van der Waals surface area contributed by atoms with Crippen LogP contribution >= 0.6 is 0 Å². The van der Waals surface area contributed by atoms with Crippen molar-refractivity contribution in [1.82, 2.24) is 4.98 Å². The number of hydrogen-bond donors (Lipinski definition) is 1. The summed E-state index contributed by atoms with van der Waals surface area (Å²) in [6.45, 7) is 1.76. The number of hydrogen-bond acceptors (Lipinski definition) is 5. The number of aromatic carboxylic acids is 1. The van der Waals surface area contributed by atoms with Crippen LogP contribution in [0.2, 0.25) is 0 Å². The number of carboxylic acids is 1. The Morgan fingerprint density at radius 2 is 2.10 bits per heavy atom. The SMILES string of the molecule is COc1ccc(C(=O)O)cc1Oc1nccc(C)c1C#N. The molecule has 6 heteroatoms. The molecular formula is C15H12N2O4. The summed E-state index contributed by atoms with van der Waals surface area (Å²) in [7, 11) is 1.44. The van der Waals surface area contributed by atoms with Gasteiger partial charge in [0.25, 0.3) is 0 Å². The zero-order valence-electron chi connectivity index (χ0n) is 11.5. The van der Waals surface area contributed by atoms with Gasteiger partial charge < -0.3 is 14.6 Å². The van der Waals surface area contributed by atoms with E-state index < -0.39 is 5.97 Å². The Morgan fingerprint density at radius 1 is 1.33 bits per heavy atom. The number of benzene rings is 1. The van der Waals surface area contributed by atoms with Gasteiger partial charge in [0.1, 0.15) is 11.6 Å². The van der Waals surface area contributed by atoms with E-state index in [2.05, 4.69) is 4.98 Å². The molecule has 1 heterocycles. The Bertz CT molecular complexity index is 735. The minimum Gasteiger partial charge on any atom is -0.493 e. The van der Waals surface area contributed by atoms with Crippen molar-refractivity contribution in [2.24, 2.45) is 0 Å². The highest BCUT2D eigenvalue weighted by molar-refractivity contribution is 5.88. The van der Waals surface area contributed by atoms with E-state index in [0.717, 1.165) is 5.56 Å². The first-order valence-electron chi connectivity index (χ1n) is 6.01. The molecule has 106 valence electrons. The maximum Gasteiger partial charge on any atom is 0.335 e. The molecule has 0 radical (unpaired) electrons. The largest absolute Gasteiger partial charge is 0.493 e. The maximum absolute atomic E-state index is 11.0. The number of nitrogens with zero attached hydrogens (tertiary/aromatic N) is 2. The average molecular weight is 284 g/mol. The van der Waals surface area contributed by atoms with Crippen LogP contribution in [-0.2, 0) is 0 Å². The highest BCUT2D eigenvalue weighted by atomic mass is 16.5. The third-order valence-electron chi connectivity index (χ3n) is 2.85. The molecular weight excluding hydrogens is 272 g/mol. The standard InChI is InChI=1S/C15H12N2O4/c1-9-5-6-17-14(11(9)8-16)21-13-7-10(15(18)19)3-4-12(13)20-2/h3-7H,1-2H3,(H,18,19). The molecule has 0 unspecified atom stereocenters. The van der Waals surface area contributed by atoms with Crippen molar-refractivity contribution in [2.75, 3.05) is 7.11 Å². The summed E-state index contributed by atoms with van der Waals surface area (Å²) in [6.07, 6.45) is 1.51. The molecule has 0 saturated carbocycles. The number of carbonyl (C=O) groups is 1. The second-order valence-electron chi connectivity index (χ2n) is 4.19. The molecule has 0 spiro atoms. The number of nitriles is 1. The first kappa shape index (κ1) is 14.3. The Kier molecular flexibility index (Phi) is 4.05. The second-order valence-corrected chi connectivity index (χ2v) is 4.19. The van der Waals surface area contributed by atoms with Gasteiger partial charge in [0.05, 0.1) is 12.7 Å². The van der Waals surface area contributed by atoms with Crippen LogP contribution in [-0.4, -0.2) is 23.2 Å². The van der Waals surface area contributed by atoms with Crippen LogP contribution in [0.3, 0.4) is 0 Å². The minimum absolute atomic E-state index is 0.0527. The summed E-state index contributed by atoms with van der Waals surface area (Å²) in [5, 5.41) is 18.2. The number of carboxylic acid groups (broad SMARTS) is 1. The number of aromatic nitrogens is 1. The van der Waals surface area contributed by atoms with E-state index >= 15 is 0 Å². The molecule has 2 rings (SSSR count). The van der Waals surface area contributed by atoms with Gasteiger partial charge in [-0.3, -0.25) is 0 Å². The predicted molar refractivity (Wildman–Crippen MR) is 73.7 cm³/mol. The molecule has 0 saturated heterocycles. The Morgan fingerprint density at radius 3 is 2.71 bits per heavy atom. The second kappa shape index (κ2) is 5.92. The number of rotatable bonds is 4. The van der Waals surface area contributed by atoms with Crippen LogP contribution in [0.15, 0.2) is 30.5 Å². The van der Waals surface area contributed by atoms with E-state index in [9.17, 15) is 4.79 Å². The minimum atomic E-state index is -1.08. The fourth-order valence-electron chi connectivity index (χ4n) is 1.74. The molecule has 0 bridgehead atoms. The molecule has 0 aliphatic carbocycles. The third kappa shape index (κ3) is 2.92. The van der Waals surface area contributed by atoms with Gasteiger partial charge in [-0.05, 0) is 36.8 Å². The lowest BCUT2D eigenvalue weighted by Crippen LogP contribution is -2.00. The monoisotopic (exact) mass is 284 g/mol. The van der Waals surface area contributed by atoms with E-state index in [-0.39, 0.29) is 17.2 Å². The van der Waals surface area contributed by atoms with Crippen molar-refractivity contribution < 1.29 is 19.4 Å². The van der Waals surface area contributed by atoms with Crippen LogP contribution in [0.25, 0.3) is 0 Å². The quantitative estimate of drug-likeness (QED) is 0.928. The summed E-state index contributed by atoms with van der Waals surface area (Å²) in [5.74, 6) is -0.433. The zero-order valence-corrected chi connectivity index (χ0v) is 11.5. The van der Waals surface area contributed by atoms with Crippen molar-refractivity contribution in [1.29, 1.82) is 5.26 Å². The van der Waals surface area contributed by atoms with Crippen molar-refractivity contribution in [3.8, 4) is 23.4 Å². The topological polar surface area (TPSA) is 92.4 Å². The molecule has 0 aliphatic heterocycles. The van der Waals surface area contributed by atoms with Crippen molar-refractivity contribution in [2.45, 2.75) is 6.92 Å². The first-order chi connectivity index (χ1) is 10.1. The number of aryl methyl sites for hydroxylation is 1. The normalized spacial score (nSPS) is 9.76. The Labute approximate surface area is 121 Å². The highest BCUT2D eigenvalue weighted by Crippen LogP contribution is 2.33. The molecule has 0 fully saturated rings. The maximum atomic E-state index is 11.0. The molecule has 1 aromatic heterocycles. The van der Waals surface area contributed by atoms with Gasteiger partial charge in [-0.25, -0.2) is 9.78 Å². The summed E-state index contributed by atoms with van der Waals surface area (Å²) in [5.41, 5.74) is 1.06. The number of pyridine rings is 1. The van der Waals surface area contributed by atoms with Gasteiger partial charge in [-0.2, -0.15) is 5.26 Å². The molecule has 0 amide bonds. The van der Waals surface area contributed by atoms with Crippen LogP contribution in [0, 0.1) is 18.3 Å². The molecule has 0 atom stereocenters. The molecule has 21 heavy (non-hydrogen) atoms. The Balaban J connectivity index is 2.48. The molecule has 6 nitrogen and oxygen atoms in total. The fraction of sp³-hybridized carbons (Fsp3) is 0.133. The lowest BCUT2D eigenvalue weighted by molar-refractivity contribution is 0.0696.